The molecule has 0 saturated carbocycles. The number of hydrogen-bond acceptors (Lipinski definition) is 3. The average Bonchev–Trinajstić information content (AvgIpc) is 2.43. The zero-order valence-corrected chi connectivity index (χ0v) is 14.3. The molecular formula is C16H35N3O. The summed E-state index contributed by atoms with van der Waals surface area (Å²) in [6, 6.07) is 0.192. The van der Waals surface area contributed by atoms with Crippen molar-refractivity contribution in [3.05, 3.63) is 0 Å². The first kappa shape index (κ1) is 19.4. The standard InChI is InChI=1S/C16H35N3O/c1-7-10-19(12-16(5,6)11-17)13(4)15(20)18-14(8-2)9-3/h13-14H,7-12,17H2,1-6H3,(H,18,20). The molecule has 120 valence electrons. The Morgan fingerprint density at radius 1 is 1.25 bits per heavy atom. The third-order valence-corrected chi connectivity index (χ3v) is 3.95. The van der Waals surface area contributed by atoms with Crippen LogP contribution in [0.3, 0.4) is 0 Å². The highest BCUT2D eigenvalue weighted by Gasteiger charge is 2.27. The van der Waals surface area contributed by atoms with Gasteiger partial charge in [0.15, 0.2) is 0 Å². The van der Waals surface area contributed by atoms with Gasteiger partial charge >= 0.3 is 0 Å². The smallest absolute Gasteiger partial charge is 0.237 e. The number of hydrogen-bond donors (Lipinski definition) is 2. The molecule has 0 fully saturated rings. The van der Waals surface area contributed by atoms with E-state index in [1.165, 1.54) is 0 Å². The van der Waals surface area contributed by atoms with E-state index in [-0.39, 0.29) is 23.4 Å². The molecule has 0 aliphatic carbocycles. The van der Waals surface area contributed by atoms with Crippen molar-refractivity contribution in [2.24, 2.45) is 11.1 Å². The van der Waals surface area contributed by atoms with Crippen molar-refractivity contribution in [2.75, 3.05) is 19.6 Å². The Hall–Kier alpha value is -0.610. The predicted octanol–water partition coefficient (Wildman–Crippen LogP) is 2.38. The lowest BCUT2D eigenvalue weighted by Gasteiger charge is -2.35. The first-order chi connectivity index (χ1) is 9.31. The van der Waals surface area contributed by atoms with Crippen molar-refractivity contribution >= 4 is 5.91 Å². The topological polar surface area (TPSA) is 58.4 Å². The molecule has 0 aromatic carbocycles. The normalized spacial score (nSPS) is 13.8. The van der Waals surface area contributed by atoms with Crippen LogP contribution in [0.1, 0.15) is 60.8 Å². The molecule has 1 atom stereocenters. The molecule has 4 heteroatoms. The maximum absolute atomic E-state index is 12.4. The van der Waals surface area contributed by atoms with Gasteiger partial charge in [0, 0.05) is 12.6 Å². The molecular weight excluding hydrogens is 250 g/mol. The maximum atomic E-state index is 12.4. The van der Waals surface area contributed by atoms with Gasteiger partial charge in [-0.1, -0.05) is 34.6 Å². The van der Waals surface area contributed by atoms with Gasteiger partial charge in [0.05, 0.1) is 6.04 Å². The molecule has 0 saturated heterocycles. The van der Waals surface area contributed by atoms with Crippen molar-refractivity contribution in [3.8, 4) is 0 Å². The van der Waals surface area contributed by atoms with Gasteiger partial charge in [-0.15, -0.1) is 0 Å². The zero-order valence-electron chi connectivity index (χ0n) is 14.3. The van der Waals surface area contributed by atoms with Crippen molar-refractivity contribution in [1.82, 2.24) is 10.2 Å². The van der Waals surface area contributed by atoms with E-state index in [9.17, 15) is 4.79 Å². The van der Waals surface area contributed by atoms with Crippen LogP contribution < -0.4 is 11.1 Å². The van der Waals surface area contributed by atoms with Gasteiger partial charge in [-0.25, -0.2) is 0 Å². The lowest BCUT2D eigenvalue weighted by molar-refractivity contribution is -0.127. The summed E-state index contributed by atoms with van der Waals surface area (Å²) < 4.78 is 0. The van der Waals surface area contributed by atoms with Gasteiger partial charge < -0.3 is 11.1 Å². The van der Waals surface area contributed by atoms with Crippen LogP contribution >= 0.6 is 0 Å². The number of rotatable bonds is 10. The minimum absolute atomic E-state index is 0.0403. The van der Waals surface area contributed by atoms with E-state index < -0.39 is 0 Å². The summed E-state index contributed by atoms with van der Waals surface area (Å²) in [5.74, 6) is 0.139. The van der Waals surface area contributed by atoms with Crippen LogP contribution in [0.2, 0.25) is 0 Å². The molecule has 0 rings (SSSR count). The Kier molecular flexibility index (Phi) is 9.06. The molecule has 0 bridgehead atoms. The summed E-state index contributed by atoms with van der Waals surface area (Å²) in [6.07, 6.45) is 3.01. The molecule has 20 heavy (non-hydrogen) atoms. The Bertz CT molecular complexity index is 275. The fourth-order valence-electron chi connectivity index (χ4n) is 2.29. The van der Waals surface area contributed by atoms with Crippen LogP contribution in [0.25, 0.3) is 0 Å². The summed E-state index contributed by atoms with van der Waals surface area (Å²) in [6.45, 7) is 15.1. The van der Waals surface area contributed by atoms with Gasteiger partial charge in [0.2, 0.25) is 5.91 Å². The summed E-state index contributed by atoms with van der Waals surface area (Å²) >= 11 is 0. The first-order valence-electron chi connectivity index (χ1n) is 8.05. The highest BCUT2D eigenvalue weighted by molar-refractivity contribution is 5.81. The second-order valence-corrected chi connectivity index (χ2v) is 6.54. The number of nitrogens with two attached hydrogens (primary N) is 1. The Labute approximate surface area is 125 Å². The van der Waals surface area contributed by atoms with Crippen molar-refractivity contribution in [2.45, 2.75) is 72.9 Å². The molecule has 1 unspecified atom stereocenters. The van der Waals surface area contributed by atoms with Crippen LogP contribution in [0.4, 0.5) is 0 Å². The third kappa shape index (κ3) is 6.71. The van der Waals surface area contributed by atoms with Crippen LogP contribution in [-0.4, -0.2) is 42.5 Å². The second kappa shape index (κ2) is 9.35. The van der Waals surface area contributed by atoms with Crippen molar-refractivity contribution < 1.29 is 4.79 Å². The van der Waals surface area contributed by atoms with Gasteiger partial charge in [-0.05, 0) is 44.7 Å². The summed E-state index contributed by atoms with van der Waals surface area (Å²) in [4.78, 5) is 14.6. The number of nitrogens with one attached hydrogen (secondary N) is 1. The van der Waals surface area contributed by atoms with E-state index in [2.05, 4.69) is 44.8 Å². The average molecular weight is 285 g/mol. The molecule has 3 N–H and O–H groups in total. The molecule has 0 heterocycles. The highest BCUT2D eigenvalue weighted by atomic mass is 16.2. The van der Waals surface area contributed by atoms with Gasteiger partial charge in [-0.3, -0.25) is 9.69 Å². The minimum Gasteiger partial charge on any atom is -0.352 e. The van der Waals surface area contributed by atoms with E-state index in [1.54, 1.807) is 0 Å². The minimum atomic E-state index is -0.0959. The fourth-order valence-corrected chi connectivity index (χ4v) is 2.29. The molecule has 4 nitrogen and oxygen atoms in total. The van der Waals surface area contributed by atoms with E-state index in [0.717, 1.165) is 32.4 Å². The van der Waals surface area contributed by atoms with Crippen LogP contribution in [0.15, 0.2) is 0 Å². The summed E-state index contributed by atoms with van der Waals surface area (Å²) in [5.41, 5.74) is 5.86. The molecule has 0 aromatic rings. The Morgan fingerprint density at radius 3 is 2.20 bits per heavy atom. The van der Waals surface area contributed by atoms with E-state index in [1.807, 2.05) is 6.92 Å². The molecule has 0 aromatic heterocycles. The molecule has 0 spiro atoms. The van der Waals surface area contributed by atoms with Crippen molar-refractivity contribution in [3.63, 3.8) is 0 Å². The quantitative estimate of drug-likeness (QED) is 0.648. The largest absolute Gasteiger partial charge is 0.352 e. The van der Waals surface area contributed by atoms with Gasteiger partial charge in [0.25, 0.3) is 0 Å². The first-order valence-corrected chi connectivity index (χ1v) is 8.05. The number of amides is 1. The second-order valence-electron chi connectivity index (χ2n) is 6.54. The Morgan fingerprint density at radius 2 is 1.80 bits per heavy atom. The maximum Gasteiger partial charge on any atom is 0.237 e. The lowest BCUT2D eigenvalue weighted by atomic mass is 9.92. The lowest BCUT2D eigenvalue weighted by Crippen LogP contribution is -2.51. The van der Waals surface area contributed by atoms with E-state index in [4.69, 9.17) is 5.73 Å². The van der Waals surface area contributed by atoms with Crippen LogP contribution in [-0.2, 0) is 4.79 Å². The Balaban J connectivity index is 4.69. The molecule has 0 radical (unpaired) electrons. The predicted molar refractivity (Wildman–Crippen MR) is 86.7 cm³/mol. The zero-order chi connectivity index (χ0) is 15.8. The molecule has 0 aliphatic rings. The number of carbonyl (C=O) groups is 1. The van der Waals surface area contributed by atoms with Crippen molar-refractivity contribution in [1.29, 1.82) is 0 Å². The monoisotopic (exact) mass is 285 g/mol. The fraction of sp³-hybridized carbons (Fsp3) is 0.938. The molecule has 0 aliphatic heterocycles. The van der Waals surface area contributed by atoms with Crippen LogP contribution in [0, 0.1) is 5.41 Å². The number of nitrogens with zero attached hydrogens (tertiary/aromatic N) is 1. The van der Waals surface area contributed by atoms with Gasteiger partial charge in [0.1, 0.15) is 0 Å². The number of carbonyl (C=O) groups excluding carboxylic acids is 1. The SMILES string of the molecule is CCCN(CC(C)(C)CN)C(C)C(=O)NC(CC)CC. The highest BCUT2D eigenvalue weighted by Crippen LogP contribution is 2.17. The van der Waals surface area contributed by atoms with Gasteiger partial charge in [-0.2, -0.15) is 0 Å². The van der Waals surface area contributed by atoms with E-state index >= 15 is 0 Å². The molecule has 1 amide bonds. The summed E-state index contributed by atoms with van der Waals surface area (Å²) in [5, 5.41) is 3.15. The van der Waals surface area contributed by atoms with Crippen LogP contribution in [0.5, 0.6) is 0 Å². The summed E-state index contributed by atoms with van der Waals surface area (Å²) in [7, 11) is 0. The third-order valence-electron chi connectivity index (χ3n) is 3.95. The van der Waals surface area contributed by atoms with E-state index in [0.29, 0.717) is 6.54 Å².